The highest BCUT2D eigenvalue weighted by atomic mass is 19.2. The number of carbonyl (C=O) groups is 1. The smallest absolute Gasteiger partial charge is 0.319 e. The van der Waals surface area contributed by atoms with Crippen molar-refractivity contribution in [3.05, 3.63) is 65.7 Å². The Balaban J connectivity index is 1.88. The van der Waals surface area contributed by atoms with Gasteiger partial charge in [0.15, 0.2) is 11.6 Å². The molecule has 0 aliphatic heterocycles. The van der Waals surface area contributed by atoms with E-state index >= 15 is 0 Å². The van der Waals surface area contributed by atoms with Gasteiger partial charge >= 0.3 is 6.03 Å². The lowest BCUT2D eigenvalue weighted by Crippen LogP contribution is -2.37. The van der Waals surface area contributed by atoms with Gasteiger partial charge in [-0.3, -0.25) is 0 Å². The third kappa shape index (κ3) is 4.75. The maximum Gasteiger partial charge on any atom is 0.319 e. The number of rotatable bonds is 5. The molecular formula is C17H18F2N2O2. The van der Waals surface area contributed by atoms with Crippen LogP contribution in [0.1, 0.15) is 25.0 Å². The number of aliphatic hydroxyl groups is 1. The summed E-state index contributed by atoms with van der Waals surface area (Å²) >= 11 is 0. The van der Waals surface area contributed by atoms with Crippen LogP contribution in [0.15, 0.2) is 48.5 Å². The Labute approximate surface area is 133 Å². The third-order valence-electron chi connectivity index (χ3n) is 3.34. The fraction of sp³-hybridized carbons (Fsp3) is 0.235. The average Bonchev–Trinajstić information content (AvgIpc) is 2.52. The summed E-state index contributed by atoms with van der Waals surface area (Å²) in [4.78, 5) is 11.8. The van der Waals surface area contributed by atoms with Crippen LogP contribution in [-0.4, -0.2) is 17.2 Å². The molecule has 0 spiro atoms. The molecule has 3 N–H and O–H groups in total. The number of aliphatic hydroxyl groups excluding tert-OH is 1. The minimum absolute atomic E-state index is 0.238. The van der Waals surface area contributed by atoms with Gasteiger partial charge in [-0.05, 0) is 31.0 Å². The number of halogens is 2. The van der Waals surface area contributed by atoms with E-state index in [1.165, 1.54) is 12.1 Å². The van der Waals surface area contributed by atoms with E-state index in [0.717, 1.165) is 11.6 Å². The summed E-state index contributed by atoms with van der Waals surface area (Å²) in [6.45, 7) is 1.72. The molecule has 2 aromatic carbocycles. The summed E-state index contributed by atoms with van der Waals surface area (Å²) in [7, 11) is 0. The molecule has 0 aliphatic rings. The fourth-order valence-electron chi connectivity index (χ4n) is 2.19. The Hall–Kier alpha value is -2.47. The predicted octanol–water partition coefficient (Wildman–Crippen LogP) is 3.60. The van der Waals surface area contributed by atoms with Crippen LogP contribution in [0.3, 0.4) is 0 Å². The molecule has 0 saturated heterocycles. The van der Waals surface area contributed by atoms with Crippen LogP contribution in [0.25, 0.3) is 0 Å². The number of hydrogen-bond donors (Lipinski definition) is 3. The van der Waals surface area contributed by atoms with E-state index in [2.05, 4.69) is 10.6 Å². The number of carbonyl (C=O) groups excluding carboxylic acids is 1. The van der Waals surface area contributed by atoms with Crippen LogP contribution in [0.5, 0.6) is 0 Å². The number of urea groups is 1. The summed E-state index contributed by atoms with van der Waals surface area (Å²) in [5, 5.41) is 14.9. The molecule has 0 heterocycles. The van der Waals surface area contributed by atoms with E-state index in [9.17, 15) is 18.7 Å². The maximum atomic E-state index is 13.5. The molecule has 2 atom stereocenters. The molecule has 0 aliphatic carbocycles. The Morgan fingerprint density at radius 2 is 1.83 bits per heavy atom. The van der Waals surface area contributed by atoms with Crippen LogP contribution >= 0.6 is 0 Å². The van der Waals surface area contributed by atoms with E-state index < -0.39 is 23.8 Å². The van der Waals surface area contributed by atoms with Gasteiger partial charge in [0.25, 0.3) is 0 Å². The Morgan fingerprint density at radius 1 is 1.13 bits per heavy atom. The Morgan fingerprint density at radius 3 is 2.52 bits per heavy atom. The first-order chi connectivity index (χ1) is 11.0. The van der Waals surface area contributed by atoms with Crippen molar-refractivity contribution >= 4 is 11.7 Å². The first kappa shape index (κ1) is 16.9. The number of hydrogen-bond acceptors (Lipinski definition) is 2. The van der Waals surface area contributed by atoms with Crippen molar-refractivity contribution in [3.63, 3.8) is 0 Å². The van der Waals surface area contributed by atoms with E-state index in [1.807, 2.05) is 18.2 Å². The Bertz CT molecular complexity index is 665. The number of anilines is 1. The zero-order valence-corrected chi connectivity index (χ0v) is 12.6. The molecule has 122 valence electrons. The lowest BCUT2D eigenvalue weighted by atomic mass is 10.0. The van der Waals surface area contributed by atoms with Gasteiger partial charge in [-0.15, -0.1) is 0 Å². The minimum atomic E-state index is -1.11. The molecule has 0 radical (unpaired) electrons. The lowest BCUT2D eigenvalue weighted by Gasteiger charge is -2.18. The number of benzene rings is 2. The molecule has 4 nitrogen and oxygen atoms in total. The maximum absolute atomic E-state index is 13.5. The van der Waals surface area contributed by atoms with Gasteiger partial charge in [0.2, 0.25) is 0 Å². The van der Waals surface area contributed by atoms with Gasteiger partial charge in [0, 0.05) is 6.04 Å². The second-order valence-electron chi connectivity index (χ2n) is 5.26. The largest absolute Gasteiger partial charge is 0.388 e. The van der Waals surface area contributed by atoms with Gasteiger partial charge < -0.3 is 15.7 Å². The number of amides is 2. The molecule has 2 unspecified atom stereocenters. The summed E-state index contributed by atoms with van der Waals surface area (Å²) in [6.07, 6.45) is -0.430. The molecule has 2 amide bonds. The zero-order chi connectivity index (χ0) is 16.8. The highest BCUT2D eigenvalue weighted by Crippen LogP contribution is 2.18. The summed E-state index contributed by atoms with van der Waals surface area (Å²) in [5.41, 5.74) is 0.510. The predicted molar refractivity (Wildman–Crippen MR) is 84.0 cm³/mol. The van der Waals surface area contributed by atoms with Crippen LogP contribution in [0.2, 0.25) is 0 Å². The second kappa shape index (κ2) is 7.69. The topological polar surface area (TPSA) is 61.4 Å². The first-order valence-electron chi connectivity index (χ1n) is 7.22. The summed E-state index contributed by atoms with van der Waals surface area (Å²) in [6, 6.07) is 11.6. The van der Waals surface area contributed by atoms with Crippen molar-refractivity contribution in [2.45, 2.75) is 25.5 Å². The van der Waals surface area contributed by atoms with Gasteiger partial charge in [-0.2, -0.15) is 0 Å². The molecule has 0 fully saturated rings. The van der Waals surface area contributed by atoms with Gasteiger partial charge in [-0.25, -0.2) is 13.6 Å². The fourth-order valence-corrected chi connectivity index (χ4v) is 2.19. The molecule has 0 aromatic heterocycles. The zero-order valence-electron chi connectivity index (χ0n) is 12.6. The quantitative estimate of drug-likeness (QED) is 0.788. The van der Waals surface area contributed by atoms with Crippen molar-refractivity contribution < 1.29 is 18.7 Å². The molecule has 2 rings (SSSR count). The molecule has 23 heavy (non-hydrogen) atoms. The van der Waals surface area contributed by atoms with Crippen LogP contribution in [0.4, 0.5) is 19.3 Å². The Kier molecular flexibility index (Phi) is 5.65. The van der Waals surface area contributed by atoms with Crippen molar-refractivity contribution in [2.75, 3.05) is 5.32 Å². The van der Waals surface area contributed by atoms with E-state index in [4.69, 9.17) is 0 Å². The standard InChI is InChI=1S/C17H18F2N2O2/c1-11(10-15(22)12-6-3-2-4-7-12)20-17(23)21-14-9-5-8-13(18)16(14)19/h2-9,11,15,22H,10H2,1H3,(H2,20,21,23). The average molecular weight is 320 g/mol. The molecule has 6 heteroatoms. The normalized spacial score (nSPS) is 13.2. The van der Waals surface area contributed by atoms with Crippen LogP contribution in [0, 0.1) is 11.6 Å². The minimum Gasteiger partial charge on any atom is -0.388 e. The van der Waals surface area contributed by atoms with E-state index in [-0.39, 0.29) is 11.7 Å². The highest BCUT2D eigenvalue weighted by Gasteiger charge is 2.16. The van der Waals surface area contributed by atoms with Gasteiger partial charge in [0.1, 0.15) is 0 Å². The summed E-state index contributed by atoms with van der Waals surface area (Å²) in [5.74, 6) is -2.14. The second-order valence-corrected chi connectivity index (χ2v) is 5.26. The molecule has 0 saturated carbocycles. The van der Waals surface area contributed by atoms with E-state index in [0.29, 0.717) is 6.42 Å². The van der Waals surface area contributed by atoms with Gasteiger partial charge in [-0.1, -0.05) is 36.4 Å². The first-order valence-corrected chi connectivity index (χ1v) is 7.22. The van der Waals surface area contributed by atoms with Crippen molar-refractivity contribution in [1.82, 2.24) is 5.32 Å². The van der Waals surface area contributed by atoms with Gasteiger partial charge in [0.05, 0.1) is 11.8 Å². The van der Waals surface area contributed by atoms with Crippen molar-refractivity contribution in [3.8, 4) is 0 Å². The van der Waals surface area contributed by atoms with E-state index in [1.54, 1.807) is 19.1 Å². The van der Waals surface area contributed by atoms with Crippen LogP contribution in [-0.2, 0) is 0 Å². The third-order valence-corrected chi connectivity index (χ3v) is 3.34. The SMILES string of the molecule is CC(CC(O)c1ccccc1)NC(=O)Nc1cccc(F)c1F. The van der Waals surface area contributed by atoms with Crippen molar-refractivity contribution in [1.29, 1.82) is 0 Å². The molecule has 0 bridgehead atoms. The lowest BCUT2D eigenvalue weighted by molar-refractivity contribution is 0.155. The highest BCUT2D eigenvalue weighted by molar-refractivity contribution is 5.89. The monoisotopic (exact) mass is 320 g/mol. The molecule has 2 aromatic rings. The van der Waals surface area contributed by atoms with Crippen LogP contribution < -0.4 is 10.6 Å². The number of nitrogens with one attached hydrogen (secondary N) is 2. The molecular weight excluding hydrogens is 302 g/mol. The van der Waals surface area contributed by atoms with Crippen molar-refractivity contribution in [2.24, 2.45) is 0 Å². The summed E-state index contributed by atoms with van der Waals surface area (Å²) < 4.78 is 26.5.